The molecule has 1 aromatic rings. The summed E-state index contributed by atoms with van der Waals surface area (Å²) >= 11 is 3.28. The molecular weight excluding hydrogens is 336 g/mol. The summed E-state index contributed by atoms with van der Waals surface area (Å²) in [7, 11) is 1.35. The number of carbonyl (C=O) groups excluding carboxylic acids is 1. The molecule has 0 atom stereocenters. The Labute approximate surface area is 124 Å². The first-order chi connectivity index (χ1) is 9.56. The second kappa shape index (κ2) is 8.73. The van der Waals surface area contributed by atoms with Crippen molar-refractivity contribution in [2.75, 3.05) is 17.8 Å². The molecule has 0 saturated carbocycles. The molecule has 1 amide bonds. The van der Waals surface area contributed by atoms with E-state index in [2.05, 4.69) is 26.0 Å². The average molecular weight is 352 g/mol. The fourth-order valence-electron chi connectivity index (χ4n) is 1.55. The molecule has 0 saturated heterocycles. The number of rotatable bonds is 8. The van der Waals surface area contributed by atoms with Crippen LogP contribution >= 0.6 is 15.9 Å². The van der Waals surface area contributed by atoms with Gasteiger partial charge in [0.1, 0.15) is 0 Å². The average Bonchev–Trinajstić information content (AvgIpc) is 2.38. The van der Waals surface area contributed by atoms with E-state index in [1.165, 1.54) is 19.2 Å². The zero-order valence-electron chi connectivity index (χ0n) is 11.0. The lowest BCUT2D eigenvalue weighted by atomic mass is 10.2. The second-order valence-corrected chi connectivity index (χ2v) is 4.73. The van der Waals surface area contributed by atoms with Gasteiger partial charge in [-0.25, -0.2) is 0 Å². The maximum Gasteiger partial charge on any atom is 0.387 e. The van der Waals surface area contributed by atoms with E-state index in [0.717, 1.165) is 18.2 Å². The van der Waals surface area contributed by atoms with Gasteiger partial charge in [0.25, 0.3) is 0 Å². The van der Waals surface area contributed by atoms with Gasteiger partial charge in [-0.2, -0.15) is 8.78 Å². The molecule has 1 rings (SSSR count). The fourth-order valence-corrected chi connectivity index (χ4v) is 1.94. The van der Waals surface area contributed by atoms with Crippen LogP contribution in [0, 0.1) is 0 Å². The number of anilines is 1. The van der Waals surface area contributed by atoms with Crippen LogP contribution in [0.3, 0.4) is 0 Å². The van der Waals surface area contributed by atoms with Crippen molar-refractivity contribution in [3.63, 3.8) is 0 Å². The Hall–Kier alpha value is -1.37. The Bertz CT molecular complexity index is 444. The predicted octanol–water partition coefficient (Wildman–Crippen LogP) is 3.80. The molecule has 1 N–H and O–H groups in total. The van der Waals surface area contributed by atoms with Crippen LogP contribution in [0.4, 0.5) is 14.5 Å². The monoisotopic (exact) mass is 351 g/mol. The Morgan fingerprint density at radius 3 is 2.70 bits per heavy atom. The number of ether oxygens (including phenoxy) is 2. The zero-order chi connectivity index (χ0) is 15.0. The number of methoxy groups -OCH3 is 1. The van der Waals surface area contributed by atoms with Gasteiger partial charge in [0, 0.05) is 23.5 Å². The van der Waals surface area contributed by atoms with Gasteiger partial charge in [0.05, 0.1) is 7.11 Å². The van der Waals surface area contributed by atoms with Crippen LogP contribution in [0.2, 0.25) is 0 Å². The maximum atomic E-state index is 12.3. The third-order valence-electron chi connectivity index (χ3n) is 2.45. The molecule has 7 heteroatoms. The van der Waals surface area contributed by atoms with Crippen molar-refractivity contribution in [2.24, 2.45) is 0 Å². The van der Waals surface area contributed by atoms with Crippen molar-refractivity contribution in [1.82, 2.24) is 0 Å². The van der Waals surface area contributed by atoms with Gasteiger partial charge < -0.3 is 14.8 Å². The molecule has 112 valence electrons. The van der Waals surface area contributed by atoms with Crippen LogP contribution in [-0.2, 0) is 4.79 Å². The van der Waals surface area contributed by atoms with Gasteiger partial charge in [0.15, 0.2) is 11.5 Å². The number of nitrogens with one attached hydrogen (secondary N) is 1. The van der Waals surface area contributed by atoms with Crippen molar-refractivity contribution in [2.45, 2.75) is 25.9 Å². The zero-order valence-corrected chi connectivity index (χ0v) is 12.6. The summed E-state index contributed by atoms with van der Waals surface area (Å²) in [5.41, 5.74) is 0.394. The summed E-state index contributed by atoms with van der Waals surface area (Å²) in [4.78, 5) is 11.6. The summed E-state index contributed by atoms with van der Waals surface area (Å²) < 4.78 is 33.8. The fraction of sp³-hybridized carbons (Fsp3) is 0.462. The lowest BCUT2D eigenvalue weighted by Gasteiger charge is -2.12. The third-order valence-corrected chi connectivity index (χ3v) is 3.01. The van der Waals surface area contributed by atoms with Gasteiger partial charge in [-0.3, -0.25) is 4.79 Å². The first-order valence-corrected chi connectivity index (χ1v) is 7.17. The van der Waals surface area contributed by atoms with E-state index in [4.69, 9.17) is 4.74 Å². The smallest absolute Gasteiger partial charge is 0.387 e. The van der Waals surface area contributed by atoms with Crippen molar-refractivity contribution >= 4 is 27.5 Å². The van der Waals surface area contributed by atoms with Crippen LogP contribution < -0.4 is 14.8 Å². The molecule has 0 bridgehead atoms. The molecule has 0 aromatic heterocycles. The number of benzene rings is 1. The van der Waals surface area contributed by atoms with E-state index >= 15 is 0 Å². The largest absolute Gasteiger partial charge is 0.493 e. The topological polar surface area (TPSA) is 47.6 Å². The van der Waals surface area contributed by atoms with Gasteiger partial charge in [0.2, 0.25) is 5.91 Å². The Balaban J connectivity index is 2.68. The van der Waals surface area contributed by atoms with Gasteiger partial charge in [-0.05, 0) is 25.0 Å². The van der Waals surface area contributed by atoms with Gasteiger partial charge in [-0.15, -0.1) is 0 Å². The van der Waals surface area contributed by atoms with E-state index in [-0.39, 0.29) is 17.4 Å². The van der Waals surface area contributed by atoms with Gasteiger partial charge >= 0.3 is 6.61 Å². The number of amides is 1. The molecule has 0 heterocycles. The van der Waals surface area contributed by atoms with Crippen LogP contribution in [0.5, 0.6) is 11.5 Å². The van der Waals surface area contributed by atoms with E-state index < -0.39 is 6.61 Å². The minimum absolute atomic E-state index is 0.110. The first-order valence-electron chi connectivity index (χ1n) is 6.05. The third kappa shape index (κ3) is 5.73. The standard InChI is InChI=1S/C13H16BrF2NO3/c1-19-10-6-5-9(8-11(10)20-13(15)16)17-12(18)4-2-3-7-14/h5-6,8,13H,2-4,7H2,1H3,(H,17,18). The Morgan fingerprint density at radius 2 is 2.10 bits per heavy atom. The number of halogens is 3. The lowest BCUT2D eigenvalue weighted by Crippen LogP contribution is -2.11. The molecule has 0 aliphatic carbocycles. The number of alkyl halides is 3. The van der Waals surface area contributed by atoms with Crippen molar-refractivity contribution in [1.29, 1.82) is 0 Å². The Morgan fingerprint density at radius 1 is 1.35 bits per heavy atom. The molecule has 0 aliphatic rings. The number of hydrogen-bond donors (Lipinski definition) is 1. The van der Waals surface area contributed by atoms with E-state index in [0.29, 0.717) is 12.1 Å². The normalized spacial score (nSPS) is 10.4. The second-order valence-electron chi connectivity index (χ2n) is 3.94. The van der Waals surface area contributed by atoms with E-state index in [1.807, 2.05) is 0 Å². The summed E-state index contributed by atoms with van der Waals surface area (Å²) in [6, 6.07) is 4.35. The molecule has 0 unspecified atom stereocenters. The molecule has 4 nitrogen and oxygen atoms in total. The lowest BCUT2D eigenvalue weighted by molar-refractivity contribution is -0.116. The minimum atomic E-state index is -2.95. The van der Waals surface area contributed by atoms with Crippen LogP contribution in [0.25, 0.3) is 0 Å². The number of unbranched alkanes of at least 4 members (excludes halogenated alkanes) is 1. The first kappa shape index (κ1) is 16.7. The molecule has 0 aliphatic heterocycles. The summed E-state index contributed by atoms with van der Waals surface area (Å²) in [5, 5.41) is 3.47. The molecule has 1 aromatic carbocycles. The van der Waals surface area contributed by atoms with Crippen molar-refractivity contribution in [3.05, 3.63) is 18.2 Å². The predicted molar refractivity (Wildman–Crippen MR) is 75.9 cm³/mol. The highest BCUT2D eigenvalue weighted by molar-refractivity contribution is 9.09. The SMILES string of the molecule is COc1ccc(NC(=O)CCCCBr)cc1OC(F)F. The summed E-state index contributed by atoms with van der Waals surface area (Å²) in [6.45, 7) is -2.95. The van der Waals surface area contributed by atoms with Crippen LogP contribution in [0.15, 0.2) is 18.2 Å². The number of carbonyl (C=O) groups is 1. The van der Waals surface area contributed by atoms with Crippen LogP contribution in [0.1, 0.15) is 19.3 Å². The van der Waals surface area contributed by atoms with E-state index in [9.17, 15) is 13.6 Å². The maximum absolute atomic E-state index is 12.3. The number of hydrogen-bond acceptors (Lipinski definition) is 3. The highest BCUT2D eigenvalue weighted by atomic mass is 79.9. The molecule has 0 fully saturated rings. The Kier molecular flexibility index (Phi) is 7.28. The highest BCUT2D eigenvalue weighted by Gasteiger charge is 2.12. The van der Waals surface area contributed by atoms with Crippen LogP contribution in [-0.4, -0.2) is 25.0 Å². The van der Waals surface area contributed by atoms with Crippen molar-refractivity contribution < 1.29 is 23.0 Å². The highest BCUT2D eigenvalue weighted by Crippen LogP contribution is 2.31. The quantitative estimate of drug-likeness (QED) is 0.572. The summed E-state index contributed by atoms with van der Waals surface area (Å²) in [5.74, 6) is -0.0949. The molecule has 20 heavy (non-hydrogen) atoms. The van der Waals surface area contributed by atoms with Gasteiger partial charge in [-0.1, -0.05) is 15.9 Å². The van der Waals surface area contributed by atoms with Crippen molar-refractivity contribution in [3.8, 4) is 11.5 Å². The molecule has 0 radical (unpaired) electrons. The minimum Gasteiger partial charge on any atom is -0.493 e. The van der Waals surface area contributed by atoms with E-state index in [1.54, 1.807) is 6.07 Å². The summed E-state index contributed by atoms with van der Waals surface area (Å²) in [6.07, 6.45) is 2.03. The molecule has 0 spiro atoms. The molecular formula is C13H16BrF2NO3.